The Morgan fingerprint density at radius 2 is 2.00 bits per heavy atom. The highest BCUT2D eigenvalue weighted by molar-refractivity contribution is 6.07. The standard InChI is InChI=1S/C16H14FNO/c1-11-9-12-5-2-3-8-15(12)18(11)16(19)13-6-4-7-14(17)10-13/h2-8,10-11H,9H2,1H3. The van der Waals surface area contributed by atoms with Gasteiger partial charge in [0.1, 0.15) is 5.82 Å². The summed E-state index contributed by atoms with van der Waals surface area (Å²) in [6, 6.07) is 13.8. The molecule has 1 aliphatic rings. The van der Waals surface area contributed by atoms with Crippen LogP contribution in [0.3, 0.4) is 0 Å². The summed E-state index contributed by atoms with van der Waals surface area (Å²) in [5.74, 6) is -0.525. The van der Waals surface area contributed by atoms with E-state index in [1.165, 1.54) is 17.7 Å². The second-order valence-corrected chi connectivity index (χ2v) is 4.87. The molecule has 1 unspecified atom stereocenters. The van der Waals surface area contributed by atoms with Gasteiger partial charge in [-0.2, -0.15) is 0 Å². The number of fused-ring (bicyclic) bond motifs is 1. The molecule has 1 amide bonds. The maximum Gasteiger partial charge on any atom is 0.258 e. The normalized spacial score (nSPS) is 17.4. The fourth-order valence-electron chi connectivity index (χ4n) is 2.64. The van der Waals surface area contributed by atoms with E-state index in [1.807, 2.05) is 31.2 Å². The predicted octanol–water partition coefficient (Wildman–Crippen LogP) is 3.42. The van der Waals surface area contributed by atoms with Gasteiger partial charge in [0.15, 0.2) is 0 Å². The molecule has 0 saturated carbocycles. The van der Waals surface area contributed by atoms with Crippen LogP contribution in [0.5, 0.6) is 0 Å². The lowest BCUT2D eigenvalue weighted by Crippen LogP contribution is -2.35. The van der Waals surface area contributed by atoms with Crippen molar-refractivity contribution in [3.63, 3.8) is 0 Å². The lowest BCUT2D eigenvalue weighted by Gasteiger charge is -2.22. The molecule has 0 radical (unpaired) electrons. The molecule has 96 valence electrons. The summed E-state index contributed by atoms with van der Waals surface area (Å²) in [5.41, 5.74) is 2.49. The quantitative estimate of drug-likeness (QED) is 0.764. The average Bonchev–Trinajstić information content (AvgIpc) is 2.74. The van der Waals surface area contributed by atoms with Gasteiger partial charge in [-0.15, -0.1) is 0 Å². The summed E-state index contributed by atoms with van der Waals surface area (Å²) in [4.78, 5) is 14.3. The van der Waals surface area contributed by atoms with Crippen LogP contribution in [0.2, 0.25) is 0 Å². The lowest BCUT2D eigenvalue weighted by molar-refractivity contribution is 0.0981. The maximum atomic E-state index is 13.2. The largest absolute Gasteiger partial charge is 0.305 e. The van der Waals surface area contributed by atoms with Crippen molar-refractivity contribution in [2.45, 2.75) is 19.4 Å². The third kappa shape index (κ3) is 2.01. The number of para-hydroxylation sites is 1. The number of nitrogens with zero attached hydrogens (tertiary/aromatic N) is 1. The second-order valence-electron chi connectivity index (χ2n) is 4.87. The van der Waals surface area contributed by atoms with E-state index < -0.39 is 0 Å². The van der Waals surface area contributed by atoms with E-state index in [1.54, 1.807) is 17.0 Å². The van der Waals surface area contributed by atoms with Gasteiger partial charge in [0.05, 0.1) is 0 Å². The van der Waals surface area contributed by atoms with Crippen LogP contribution in [0, 0.1) is 5.82 Å². The monoisotopic (exact) mass is 255 g/mol. The van der Waals surface area contributed by atoms with Gasteiger partial charge in [-0.25, -0.2) is 4.39 Å². The minimum atomic E-state index is -0.383. The predicted molar refractivity (Wildman–Crippen MR) is 72.8 cm³/mol. The van der Waals surface area contributed by atoms with Crippen LogP contribution in [0.1, 0.15) is 22.8 Å². The Balaban J connectivity index is 2.01. The van der Waals surface area contributed by atoms with Crippen molar-refractivity contribution in [3.05, 3.63) is 65.5 Å². The fourth-order valence-corrected chi connectivity index (χ4v) is 2.64. The Bertz CT molecular complexity index is 638. The number of hydrogen-bond donors (Lipinski definition) is 0. The zero-order valence-electron chi connectivity index (χ0n) is 10.6. The number of carbonyl (C=O) groups excluding carboxylic acids is 1. The summed E-state index contributed by atoms with van der Waals surface area (Å²) in [5, 5.41) is 0. The number of hydrogen-bond acceptors (Lipinski definition) is 1. The van der Waals surface area contributed by atoms with Crippen molar-refractivity contribution in [2.24, 2.45) is 0 Å². The molecule has 2 aromatic rings. The molecule has 0 spiro atoms. The van der Waals surface area contributed by atoms with Gasteiger partial charge in [-0.3, -0.25) is 4.79 Å². The molecule has 0 aliphatic carbocycles. The van der Waals surface area contributed by atoms with Crippen LogP contribution in [-0.4, -0.2) is 11.9 Å². The summed E-state index contributed by atoms with van der Waals surface area (Å²) >= 11 is 0. The molecular formula is C16H14FNO. The van der Waals surface area contributed by atoms with Crippen LogP contribution >= 0.6 is 0 Å². The summed E-state index contributed by atoms with van der Waals surface area (Å²) < 4.78 is 13.2. The summed E-state index contributed by atoms with van der Waals surface area (Å²) in [6.07, 6.45) is 0.844. The number of carbonyl (C=O) groups is 1. The zero-order chi connectivity index (χ0) is 13.4. The van der Waals surface area contributed by atoms with Crippen molar-refractivity contribution in [1.29, 1.82) is 0 Å². The minimum absolute atomic E-state index is 0.105. The fraction of sp³-hybridized carbons (Fsp3) is 0.188. The molecule has 2 aromatic carbocycles. The Morgan fingerprint density at radius 3 is 2.79 bits per heavy atom. The Labute approximate surface area is 111 Å². The smallest absolute Gasteiger partial charge is 0.258 e. The van der Waals surface area contributed by atoms with Crippen molar-refractivity contribution in [3.8, 4) is 0 Å². The molecule has 1 atom stereocenters. The van der Waals surface area contributed by atoms with Gasteiger partial charge in [0.25, 0.3) is 5.91 Å². The van der Waals surface area contributed by atoms with Gasteiger partial charge >= 0.3 is 0 Å². The molecule has 3 heteroatoms. The van der Waals surface area contributed by atoms with Crippen molar-refractivity contribution in [2.75, 3.05) is 4.90 Å². The van der Waals surface area contributed by atoms with Crippen molar-refractivity contribution < 1.29 is 9.18 Å². The highest BCUT2D eigenvalue weighted by atomic mass is 19.1. The van der Waals surface area contributed by atoms with Gasteiger partial charge in [0.2, 0.25) is 0 Å². The van der Waals surface area contributed by atoms with Gasteiger partial charge in [-0.05, 0) is 43.2 Å². The molecular weight excluding hydrogens is 241 g/mol. The third-order valence-corrected chi connectivity index (χ3v) is 3.50. The van der Waals surface area contributed by atoms with Crippen molar-refractivity contribution in [1.82, 2.24) is 0 Å². The zero-order valence-corrected chi connectivity index (χ0v) is 10.6. The SMILES string of the molecule is CC1Cc2ccccc2N1C(=O)c1cccc(F)c1. The van der Waals surface area contributed by atoms with Crippen LogP contribution in [-0.2, 0) is 6.42 Å². The number of amides is 1. The molecule has 0 N–H and O–H groups in total. The van der Waals surface area contributed by atoms with Gasteiger partial charge < -0.3 is 4.90 Å². The molecule has 1 heterocycles. The Hall–Kier alpha value is -2.16. The topological polar surface area (TPSA) is 20.3 Å². The van der Waals surface area contributed by atoms with E-state index in [-0.39, 0.29) is 17.8 Å². The summed E-state index contributed by atoms with van der Waals surface area (Å²) in [6.45, 7) is 2.01. The molecule has 2 nitrogen and oxygen atoms in total. The third-order valence-electron chi connectivity index (χ3n) is 3.50. The molecule has 0 fully saturated rings. The van der Waals surface area contributed by atoms with Crippen LogP contribution < -0.4 is 4.90 Å². The number of rotatable bonds is 1. The lowest BCUT2D eigenvalue weighted by atomic mass is 10.1. The second kappa shape index (κ2) is 4.50. The highest BCUT2D eigenvalue weighted by Gasteiger charge is 2.31. The molecule has 3 rings (SSSR count). The van der Waals surface area contributed by atoms with Crippen LogP contribution in [0.25, 0.3) is 0 Å². The number of anilines is 1. The molecule has 0 aromatic heterocycles. The summed E-state index contributed by atoms with van der Waals surface area (Å²) in [7, 11) is 0. The molecule has 1 aliphatic heterocycles. The van der Waals surface area contributed by atoms with E-state index in [2.05, 4.69) is 0 Å². The van der Waals surface area contributed by atoms with E-state index in [0.29, 0.717) is 5.56 Å². The Morgan fingerprint density at radius 1 is 1.21 bits per heavy atom. The number of benzene rings is 2. The minimum Gasteiger partial charge on any atom is -0.305 e. The van der Waals surface area contributed by atoms with Gasteiger partial charge in [0, 0.05) is 17.3 Å². The highest BCUT2D eigenvalue weighted by Crippen LogP contribution is 2.32. The van der Waals surface area contributed by atoms with Gasteiger partial charge in [-0.1, -0.05) is 24.3 Å². The van der Waals surface area contributed by atoms with E-state index >= 15 is 0 Å². The Kier molecular flexibility index (Phi) is 2.82. The molecule has 0 saturated heterocycles. The van der Waals surface area contributed by atoms with E-state index in [9.17, 15) is 9.18 Å². The maximum absolute atomic E-state index is 13.2. The van der Waals surface area contributed by atoms with Crippen LogP contribution in [0.4, 0.5) is 10.1 Å². The first-order valence-electron chi connectivity index (χ1n) is 6.34. The first-order valence-corrected chi connectivity index (χ1v) is 6.34. The molecule has 19 heavy (non-hydrogen) atoms. The van der Waals surface area contributed by atoms with Crippen molar-refractivity contribution >= 4 is 11.6 Å². The van der Waals surface area contributed by atoms with E-state index in [4.69, 9.17) is 0 Å². The average molecular weight is 255 g/mol. The number of halogens is 1. The first-order chi connectivity index (χ1) is 9.16. The van der Waals surface area contributed by atoms with E-state index in [0.717, 1.165) is 12.1 Å². The first kappa shape index (κ1) is 11.9. The molecule has 0 bridgehead atoms. The van der Waals surface area contributed by atoms with Crippen LogP contribution in [0.15, 0.2) is 48.5 Å².